The lowest BCUT2D eigenvalue weighted by atomic mass is 9.93. The predicted octanol–water partition coefficient (Wildman–Crippen LogP) is 3.27. The third kappa shape index (κ3) is 2.93. The smallest absolute Gasteiger partial charge is 0.0830 e. The van der Waals surface area contributed by atoms with E-state index in [9.17, 15) is 0 Å². The fourth-order valence-electron chi connectivity index (χ4n) is 1.96. The van der Waals surface area contributed by atoms with Gasteiger partial charge in [0.15, 0.2) is 0 Å². The van der Waals surface area contributed by atoms with Crippen molar-refractivity contribution in [3.8, 4) is 0 Å². The molecule has 0 saturated carbocycles. The largest absolute Gasteiger partial charge is 0.198 e. The van der Waals surface area contributed by atoms with Crippen LogP contribution in [-0.4, -0.2) is 15.4 Å². The lowest BCUT2D eigenvalue weighted by Crippen LogP contribution is -1.99. The van der Waals surface area contributed by atoms with E-state index in [1.807, 2.05) is 0 Å². The number of aromatic amines is 1. The molecule has 1 heterocycles. The minimum atomic E-state index is 0.473. The van der Waals surface area contributed by atoms with Crippen molar-refractivity contribution in [2.45, 2.75) is 39.0 Å². The van der Waals surface area contributed by atoms with Gasteiger partial charge in [0, 0.05) is 0 Å². The molecule has 0 aliphatic carbocycles. The Labute approximate surface area is 102 Å². The van der Waals surface area contributed by atoms with Crippen molar-refractivity contribution in [2.75, 3.05) is 0 Å². The zero-order valence-corrected chi connectivity index (χ0v) is 10.6. The van der Waals surface area contributed by atoms with E-state index in [1.54, 1.807) is 6.20 Å². The van der Waals surface area contributed by atoms with Gasteiger partial charge in [-0.15, -0.1) is 0 Å². The molecular formula is C14H19N3. The van der Waals surface area contributed by atoms with Crippen molar-refractivity contribution < 1.29 is 0 Å². The molecule has 17 heavy (non-hydrogen) atoms. The van der Waals surface area contributed by atoms with Crippen molar-refractivity contribution in [1.29, 1.82) is 0 Å². The predicted molar refractivity (Wildman–Crippen MR) is 69.0 cm³/mol. The summed E-state index contributed by atoms with van der Waals surface area (Å²) in [6, 6.07) is 8.89. The summed E-state index contributed by atoms with van der Waals surface area (Å²) in [6.07, 6.45) is 2.72. The molecule has 2 aromatic rings. The highest BCUT2D eigenvalue weighted by Crippen LogP contribution is 2.22. The highest BCUT2D eigenvalue weighted by molar-refractivity contribution is 5.27. The summed E-state index contributed by atoms with van der Waals surface area (Å²) in [7, 11) is 0. The average molecular weight is 229 g/mol. The van der Waals surface area contributed by atoms with Crippen molar-refractivity contribution in [3.05, 3.63) is 47.3 Å². The number of hydrogen-bond acceptors (Lipinski definition) is 2. The SMILES string of the molecule is CC(C)c1ccc(C(C)Cc2cn[nH]n2)cc1. The van der Waals surface area contributed by atoms with Crippen LogP contribution in [0.5, 0.6) is 0 Å². The molecule has 1 N–H and O–H groups in total. The standard InChI is InChI=1S/C14H19N3/c1-10(2)12-4-6-13(7-5-12)11(3)8-14-9-15-17-16-14/h4-7,9-11H,8H2,1-3H3,(H,15,16,17). The van der Waals surface area contributed by atoms with Gasteiger partial charge in [0.1, 0.15) is 0 Å². The van der Waals surface area contributed by atoms with Crippen LogP contribution in [0.2, 0.25) is 0 Å². The van der Waals surface area contributed by atoms with E-state index in [2.05, 4.69) is 60.4 Å². The Bertz CT molecular complexity index is 443. The number of aromatic nitrogens is 3. The molecule has 1 aromatic carbocycles. The summed E-state index contributed by atoms with van der Waals surface area (Å²) in [4.78, 5) is 0. The van der Waals surface area contributed by atoms with Gasteiger partial charge >= 0.3 is 0 Å². The Hall–Kier alpha value is -1.64. The van der Waals surface area contributed by atoms with E-state index in [0.29, 0.717) is 11.8 Å². The minimum absolute atomic E-state index is 0.473. The first-order chi connectivity index (χ1) is 8.16. The number of rotatable bonds is 4. The molecule has 0 spiro atoms. The van der Waals surface area contributed by atoms with Gasteiger partial charge in [-0.25, -0.2) is 0 Å². The number of H-pyrrole nitrogens is 1. The first-order valence-electron chi connectivity index (χ1n) is 6.11. The lowest BCUT2D eigenvalue weighted by Gasteiger charge is -2.12. The molecule has 0 aliphatic rings. The molecule has 1 unspecified atom stereocenters. The van der Waals surface area contributed by atoms with E-state index in [-0.39, 0.29) is 0 Å². The van der Waals surface area contributed by atoms with Crippen LogP contribution in [-0.2, 0) is 6.42 Å². The van der Waals surface area contributed by atoms with E-state index < -0.39 is 0 Å². The number of benzene rings is 1. The summed E-state index contributed by atoms with van der Waals surface area (Å²) >= 11 is 0. The second kappa shape index (κ2) is 5.13. The molecule has 0 amide bonds. The zero-order valence-electron chi connectivity index (χ0n) is 10.6. The van der Waals surface area contributed by atoms with E-state index in [4.69, 9.17) is 0 Å². The monoisotopic (exact) mass is 229 g/mol. The van der Waals surface area contributed by atoms with Crippen LogP contribution in [0.4, 0.5) is 0 Å². The summed E-state index contributed by atoms with van der Waals surface area (Å²) in [5, 5.41) is 10.6. The quantitative estimate of drug-likeness (QED) is 0.874. The van der Waals surface area contributed by atoms with Crippen molar-refractivity contribution >= 4 is 0 Å². The van der Waals surface area contributed by atoms with E-state index >= 15 is 0 Å². The summed E-state index contributed by atoms with van der Waals surface area (Å²) in [5.41, 5.74) is 3.77. The Balaban J connectivity index is 2.06. The topological polar surface area (TPSA) is 41.6 Å². The van der Waals surface area contributed by atoms with Gasteiger partial charge in [-0.3, -0.25) is 0 Å². The molecule has 1 atom stereocenters. The van der Waals surface area contributed by atoms with Gasteiger partial charge in [0.05, 0.1) is 11.9 Å². The first-order valence-corrected chi connectivity index (χ1v) is 6.11. The van der Waals surface area contributed by atoms with Crippen LogP contribution in [0.1, 0.15) is 49.4 Å². The molecule has 0 radical (unpaired) electrons. The molecule has 3 nitrogen and oxygen atoms in total. The molecule has 1 aromatic heterocycles. The van der Waals surface area contributed by atoms with Gasteiger partial charge in [0.2, 0.25) is 0 Å². The molecular weight excluding hydrogens is 210 g/mol. The molecule has 3 heteroatoms. The van der Waals surface area contributed by atoms with Crippen LogP contribution in [0.3, 0.4) is 0 Å². The minimum Gasteiger partial charge on any atom is -0.198 e. The molecule has 0 bridgehead atoms. The van der Waals surface area contributed by atoms with Gasteiger partial charge < -0.3 is 0 Å². The third-order valence-electron chi connectivity index (χ3n) is 3.15. The fraction of sp³-hybridized carbons (Fsp3) is 0.429. The molecule has 0 aliphatic heterocycles. The Morgan fingerprint density at radius 3 is 2.24 bits per heavy atom. The molecule has 2 rings (SSSR count). The van der Waals surface area contributed by atoms with Gasteiger partial charge in [-0.1, -0.05) is 45.0 Å². The number of hydrogen-bond donors (Lipinski definition) is 1. The van der Waals surface area contributed by atoms with E-state index in [0.717, 1.165) is 12.1 Å². The third-order valence-corrected chi connectivity index (χ3v) is 3.15. The van der Waals surface area contributed by atoms with Crippen LogP contribution in [0.25, 0.3) is 0 Å². The highest BCUT2D eigenvalue weighted by Gasteiger charge is 2.09. The molecule has 0 fully saturated rings. The zero-order chi connectivity index (χ0) is 12.3. The van der Waals surface area contributed by atoms with Crippen LogP contribution in [0.15, 0.2) is 30.5 Å². The van der Waals surface area contributed by atoms with Gasteiger partial charge in [-0.2, -0.15) is 15.4 Å². The maximum absolute atomic E-state index is 4.09. The van der Waals surface area contributed by atoms with Crippen molar-refractivity contribution in [2.24, 2.45) is 0 Å². The maximum atomic E-state index is 4.09. The summed E-state index contributed by atoms with van der Waals surface area (Å²) in [5.74, 6) is 1.07. The number of nitrogens with zero attached hydrogens (tertiary/aromatic N) is 2. The second-order valence-electron chi connectivity index (χ2n) is 4.89. The molecule has 0 saturated heterocycles. The highest BCUT2D eigenvalue weighted by atomic mass is 15.3. The van der Waals surface area contributed by atoms with Crippen LogP contribution < -0.4 is 0 Å². The maximum Gasteiger partial charge on any atom is 0.0830 e. The van der Waals surface area contributed by atoms with Crippen molar-refractivity contribution in [3.63, 3.8) is 0 Å². The van der Waals surface area contributed by atoms with Crippen molar-refractivity contribution in [1.82, 2.24) is 15.4 Å². The molecule has 90 valence electrons. The number of nitrogens with one attached hydrogen (secondary N) is 1. The van der Waals surface area contributed by atoms with Crippen LogP contribution >= 0.6 is 0 Å². The Morgan fingerprint density at radius 1 is 1.06 bits per heavy atom. The van der Waals surface area contributed by atoms with Gasteiger partial charge in [-0.05, 0) is 29.4 Å². The van der Waals surface area contributed by atoms with Gasteiger partial charge in [0.25, 0.3) is 0 Å². The van der Waals surface area contributed by atoms with E-state index in [1.165, 1.54) is 11.1 Å². The normalized spacial score (nSPS) is 12.9. The Kier molecular flexibility index (Phi) is 3.57. The summed E-state index contributed by atoms with van der Waals surface area (Å²) < 4.78 is 0. The first kappa shape index (κ1) is 11.8. The van der Waals surface area contributed by atoms with Crippen LogP contribution in [0, 0.1) is 0 Å². The summed E-state index contributed by atoms with van der Waals surface area (Å²) in [6.45, 7) is 6.65. The lowest BCUT2D eigenvalue weighted by molar-refractivity contribution is 0.734. The Morgan fingerprint density at radius 2 is 1.71 bits per heavy atom. The fourth-order valence-corrected chi connectivity index (χ4v) is 1.96. The second-order valence-corrected chi connectivity index (χ2v) is 4.89. The average Bonchev–Trinajstić information content (AvgIpc) is 2.82.